The number of aromatic carboxylic acids is 1. The molecule has 1 amide bonds. The Balaban J connectivity index is 1.93. The molecule has 2 aromatic rings. The first-order valence-electron chi connectivity index (χ1n) is 8.18. The SMILES string of the molecule is COc1ccccc1C1(C(=O)Nc2cc(C(=O)O)c(C)cc2C)CC1. The van der Waals surface area contributed by atoms with Gasteiger partial charge in [0, 0.05) is 11.3 Å². The highest BCUT2D eigenvalue weighted by molar-refractivity contribution is 6.03. The smallest absolute Gasteiger partial charge is 0.336 e. The molecule has 0 saturated heterocycles. The Morgan fingerprint density at radius 3 is 2.40 bits per heavy atom. The van der Waals surface area contributed by atoms with Gasteiger partial charge in [0.2, 0.25) is 5.91 Å². The summed E-state index contributed by atoms with van der Waals surface area (Å²) in [6.45, 7) is 3.61. The van der Waals surface area contributed by atoms with E-state index in [1.165, 1.54) is 6.07 Å². The maximum Gasteiger partial charge on any atom is 0.336 e. The molecule has 2 aromatic carbocycles. The van der Waals surface area contributed by atoms with E-state index >= 15 is 0 Å². The van der Waals surface area contributed by atoms with E-state index in [4.69, 9.17) is 4.74 Å². The van der Waals surface area contributed by atoms with Crippen LogP contribution in [0, 0.1) is 13.8 Å². The molecule has 1 aliphatic rings. The second kappa shape index (κ2) is 6.24. The number of rotatable bonds is 5. The van der Waals surface area contributed by atoms with Gasteiger partial charge in [-0.25, -0.2) is 4.79 Å². The minimum Gasteiger partial charge on any atom is -0.496 e. The highest BCUT2D eigenvalue weighted by Crippen LogP contribution is 2.52. The number of anilines is 1. The molecule has 2 N–H and O–H groups in total. The first-order chi connectivity index (χ1) is 11.9. The van der Waals surface area contributed by atoms with Gasteiger partial charge in [0.1, 0.15) is 5.75 Å². The molecular formula is C20H21NO4. The molecule has 0 aliphatic heterocycles. The number of hydrogen-bond acceptors (Lipinski definition) is 3. The molecule has 0 unspecified atom stereocenters. The van der Waals surface area contributed by atoms with Gasteiger partial charge in [-0.2, -0.15) is 0 Å². The van der Waals surface area contributed by atoms with Gasteiger partial charge in [0.15, 0.2) is 0 Å². The Kier molecular flexibility index (Phi) is 4.25. The number of ether oxygens (including phenoxy) is 1. The molecule has 0 aromatic heterocycles. The van der Waals surface area contributed by atoms with Crippen molar-refractivity contribution in [2.45, 2.75) is 32.1 Å². The number of benzene rings is 2. The van der Waals surface area contributed by atoms with E-state index in [-0.39, 0.29) is 11.5 Å². The fourth-order valence-corrected chi connectivity index (χ4v) is 3.24. The number of nitrogens with one attached hydrogen (secondary N) is 1. The zero-order valence-electron chi connectivity index (χ0n) is 14.6. The Morgan fingerprint density at radius 1 is 1.12 bits per heavy atom. The second-order valence-corrected chi connectivity index (χ2v) is 6.52. The summed E-state index contributed by atoms with van der Waals surface area (Å²) in [6.07, 6.45) is 1.49. The molecule has 1 saturated carbocycles. The van der Waals surface area contributed by atoms with Crippen molar-refractivity contribution in [3.05, 3.63) is 58.7 Å². The molecule has 3 rings (SSSR count). The van der Waals surface area contributed by atoms with Crippen molar-refractivity contribution in [1.29, 1.82) is 0 Å². The standard InChI is InChI=1S/C20H21NO4/c1-12-10-13(2)16(11-14(12)18(22)23)21-19(24)20(8-9-20)15-6-4-5-7-17(15)25-3/h4-7,10-11H,8-9H2,1-3H3,(H,21,24)(H,22,23). The van der Waals surface area contributed by atoms with Crippen LogP contribution < -0.4 is 10.1 Å². The second-order valence-electron chi connectivity index (χ2n) is 6.52. The van der Waals surface area contributed by atoms with Crippen LogP contribution in [0.3, 0.4) is 0 Å². The molecule has 0 bridgehead atoms. The molecular weight excluding hydrogens is 318 g/mol. The van der Waals surface area contributed by atoms with Gasteiger partial charge in [0.25, 0.3) is 0 Å². The third-order valence-corrected chi connectivity index (χ3v) is 4.86. The number of amides is 1. The molecule has 5 heteroatoms. The van der Waals surface area contributed by atoms with E-state index in [1.807, 2.05) is 31.2 Å². The summed E-state index contributed by atoms with van der Waals surface area (Å²) >= 11 is 0. The number of carboxylic acid groups (broad SMARTS) is 1. The fraction of sp³-hybridized carbons (Fsp3) is 0.300. The average Bonchev–Trinajstić information content (AvgIpc) is 3.38. The van der Waals surface area contributed by atoms with Crippen LogP contribution in [0.4, 0.5) is 5.69 Å². The molecule has 1 fully saturated rings. The molecule has 0 radical (unpaired) electrons. The molecule has 0 spiro atoms. The van der Waals surface area contributed by atoms with Gasteiger partial charge in [-0.3, -0.25) is 4.79 Å². The maximum absolute atomic E-state index is 13.0. The van der Waals surface area contributed by atoms with Crippen molar-refractivity contribution in [2.24, 2.45) is 0 Å². The predicted molar refractivity (Wildman–Crippen MR) is 95.4 cm³/mol. The number of hydrogen-bond donors (Lipinski definition) is 2. The lowest BCUT2D eigenvalue weighted by atomic mass is 9.93. The van der Waals surface area contributed by atoms with Crippen LogP contribution in [0.1, 0.15) is 39.9 Å². The van der Waals surface area contributed by atoms with Gasteiger partial charge in [-0.1, -0.05) is 24.3 Å². The number of carbonyl (C=O) groups is 2. The summed E-state index contributed by atoms with van der Waals surface area (Å²) in [4.78, 5) is 24.3. The Hall–Kier alpha value is -2.82. The molecule has 0 atom stereocenters. The lowest BCUT2D eigenvalue weighted by Crippen LogP contribution is -2.28. The lowest BCUT2D eigenvalue weighted by Gasteiger charge is -2.20. The average molecular weight is 339 g/mol. The summed E-state index contributed by atoms with van der Waals surface area (Å²) in [6, 6.07) is 10.8. The van der Waals surface area contributed by atoms with E-state index in [0.29, 0.717) is 17.0 Å². The van der Waals surface area contributed by atoms with Crippen molar-refractivity contribution in [1.82, 2.24) is 0 Å². The van der Waals surface area contributed by atoms with Crippen molar-refractivity contribution in [3.8, 4) is 5.75 Å². The predicted octanol–water partition coefficient (Wildman–Crippen LogP) is 3.68. The molecule has 130 valence electrons. The number of para-hydroxylation sites is 1. The summed E-state index contributed by atoms with van der Waals surface area (Å²) in [7, 11) is 1.59. The van der Waals surface area contributed by atoms with E-state index in [1.54, 1.807) is 20.1 Å². The third-order valence-electron chi connectivity index (χ3n) is 4.86. The number of carboxylic acids is 1. The zero-order chi connectivity index (χ0) is 18.2. The Bertz CT molecular complexity index is 853. The Morgan fingerprint density at radius 2 is 1.80 bits per heavy atom. The van der Waals surface area contributed by atoms with Gasteiger partial charge in [-0.05, 0) is 49.9 Å². The molecule has 5 nitrogen and oxygen atoms in total. The highest BCUT2D eigenvalue weighted by atomic mass is 16.5. The topological polar surface area (TPSA) is 75.6 Å². The third kappa shape index (κ3) is 2.97. The first kappa shape index (κ1) is 17.0. The van der Waals surface area contributed by atoms with Crippen molar-refractivity contribution >= 4 is 17.6 Å². The number of carbonyl (C=O) groups excluding carboxylic acids is 1. The van der Waals surface area contributed by atoms with Crippen LogP contribution in [-0.4, -0.2) is 24.1 Å². The summed E-state index contributed by atoms with van der Waals surface area (Å²) in [5.74, 6) is -0.429. The van der Waals surface area contributed by atoms with Crippen LogP contribution in [0.15, 0.2) is 36.4 Å². The maximum atomic E-state index is 13.0. The van der Waals surface area contributed by atoms with E-state index in [9.17, 15) is 14.7 Å². The van der Waals surface area contributed by atoms with Gasteiger partial charge >= 0.3 is 5.97 Å². The van der Waals surface area contributed by atoms with Crippen molar-refractivity contribution in [3.63, 3.8) is 0 Å². The van der Waals surface area contributed by atoms with Crippen molar-refractivity contribution in [2.75, 3.05) is 12.4 Å². The van der Waals surface area contributed by atoms with Gasteiger partial charge in [0.05, 0.1) is 18.1 Å². The summed E-state index contributed by atoms with van der Waals surface area (Å²) in [5, 5.41) is 12.2. The largest absolute Gasteiger partial charge is 0.496 e. The quantitative estimate of drug-likeness (QED) is 0.871. The Labute approximate surface area is 146 Å². The van der Waals surface area contributed by atoms with Gasteiger partial charge in [-0.15, -0.1) is 0 Å². The van der Waals surface area contributed by atoms with Crippen molar-refractivity contribution < 1.29 is 19.4 Å². The lowest BCUT2D eigenvalue weighted by molar-refractivity contribution is -0.118. The molecule has 1 aliphatic carbocycles. The first-order valence-corrected chi connectivity index (χ1v) is 8.18. The summed E-state index contributed by atoms with van der Waals surface area (Å²) in [5.41, 5.74) is 2.52. The van der Waals surface area contributed by atoms with E-state index < -0.39 is 11.4 Å². The highest BCUT2D eigenvalue weighted by Gasteiger charge is 2.52. The number of methoxy groups -OCH3 is 1. The van der Waals surface area contributed by atoms with E-state index in [0.717, 1.165) is 24.0 Å². The molecule has 25 heavy (non-hydrogen) atoms. The number of aryl methyl sites for hydroxylation is 2. The van der Waals surface area contributed by atoms with E-state index in [2.05, 4.69) is 5.32 Å². The monoisotopic (exact) mass is 339 g/mol. The fourth-order valence-electron chi connectivity index (χ4n) is 3.24. The minimum absolute atomic E-state index is 0.125. The molecule has 0 heterocycles. The van der Waals surface area contributed by atoms with Gasteiger partial charge < -0.3 is 15.2 Å². The normalized spacial score (nSPS) is 14.7. The van der Waals surface area contributed by atoms with Crippen LogP contribution in [0.2, 0.25) is 0 Å². The van der Waals surface area contributed by atoms with Crippen LogP contribution >= 0.6 is 0 Å². The zero-order valence-corrected chi connectivity index (χ0v) is 14.6. The van der Waals surface area contributed by atoms with Crippen LogP contribution in [0.5, 0.6) is 5.75 Å². The van der Waals surface area contributed by atoms with Crippen LogP contribution in [-0.2, 0) is 10.2 Å². The van der Waals surface area contributed by atoms with Crippen LogP contribution in [0.25, 0.3) is 0 Å². The summed E-state index contributed by atoms with van der Waals surface area (Å²) < 4.78 is 5.40. The minimum atomic E-state index is -1.00.